The molecular formula is C23H24FNO5. The highest BCUT2D eigenvalue weighted by Crippen LogP contribution is 2.45. The van der Waals surface area contributed by atoms with Gasteiger partial charge in [0.25, 0.3) is 0 Å². The third-order valence-corrected chi connectivity index (χ3v) is 5.93. The van der Waals surface area contributed by atoms with Crippen LogP contribution in [0.15, 0.2) is 45.6 Å². The Balaban J connectivity index is 2.07. The van der Waals surface area contributed by atoms with Gasteiger partial charge < -0.3 is 23.9 Å². The van der Waals surface area contributed by atoms with E-state index in [0.29, 0.717) is 22.6 Å². The highest BCUT2D eigenvalue weighted by Gasteiger charge is 2.37. The summed E-state index contributed by atoms with van der Waals surface area (Å²) in [4.78, 5) is 15.2. The van der Waals surface area contributed by atoms with Crippen molar-refractivity contribution in [1.29, 1.82) is 0 Å². The molecule has 1 N–H and O–H groups in total. The van der Waals surface area contributed by atoms with Crippen LogP contribution in [0.3, 0.4) is 0 Å². The number of aliphatic hydroxyl groups is 1. The Bertz CT molecular complexity index is 1140. The van der Waals surface area contributed by atoms with Crippen molar-refractivity contribution < 1.29 is 23.4 Å². The van der Waals surface area contributed by atoms with Crippen LogP contribution < -0.4 is 14.9 Å². The number of nitrogens with zero attached hydrogens (tertiary/aromatic N) is 1. The van der Waals surface area contributed by atoms with Gasteiger partial charge in [0.05, 0.1) is 26.4 Å². The normalized spacial score (nSPS) is 19.4. The summed E-state index contributed by atoms with van der Waals surface area (Å²) < 4.78 is 31.6. The summed E-state index contributed by atoms with van der Waals surface area (Å²) in [5, 5.41) is 10.3. The summed E-state index contributed by atoms with van der Waals surface area (Å²) in [6.45, 7) is 0.735. The van der Waals surface area contributed by atoms with Crippen LogP contribution in [-0.2, 0) is 0 Å². The molecule has 0 spiro atoms. The standard InChI is InChI=1S/C23H24FNO5/c1-25-9-8-14(16(25)12-26)21-19(28-2)11-20(29-3)22-17(27)10-18(30-23(21)22)13-6-4-5-7-15(13)24/h4-7,10-11,14,16,26H,8-9,12H2,1-3H3/t14-,16+/m0/s1. The molecule has 0 unspecified atom stereocenters. The molecule has 0 amide bonds. The quantitative estimate of drug-likeness (QED) is 0.691. The lowest BCUT2D eigenvalue weighted by molar-refractivity contribution is 0.171. The molecule has 6 nitrogen and oxygen atoms in total. The van der Waals surface area contributed by atoms with E-state index in [4.69, 9.17) is 13.9 Å². The lowest BCUT2D eigenvalue weighted by atomic mass is 9.89. The van der Waals surface area contributed by atoms with Gasteiger partial charge in [0, 0.05) is 29.7 Å². The Morgan fingerprint density at radius 1 is 1.20 bits per heavy atom. The monoisotopic (exact) mass is 413 g/mol. The van der Waals surface area contributed by atoms with E-state index in [1.165, 1.54) is 26.4 Å². The second kappa shape index (κ2) is 8.08. The summed E-state index contributed by atoms with van der Waals surface area (Å²) in [5.74, 6) is 0.361. The Morgan fingerprint density at radius 3 is 2.60 bits per heavy atom. The maximum atomic E-state index is 14.4. The van der Waals surface area contributed by atoms with Crippen molar-refractivity contribution in [1.82, 2.24) is 4.90 Å². The van der Waals surface area contributed by atoms with E-state index in [0.717, 1.165) is 13.0 Å². The van der Waals surface area contributed by atoms with Gasteiger partial charge in [0.1, 0.15) is 34.0 Å². The van der Waals surface area contributed by atoms with Crippen molar-refractivity contribution in [2.24, 2.45) is 0 Å². The second-order valence-electron chi connectivity index (χ2n) is 7.48. The molecule has 1 aromatic heterocycles. The number of fused-ring (bicyclic) bond motifs is 1. The number of methoxy groups -OCH3 is 2. The van der Waals surface area contributed by atoms with Gasteiger partial charge in [-0.1, -0.05) is 12.1 Å². The summed E-state index contributed by atoms with van der Waals surface area (Å²) >= 11 is 0. The summed E-state index contributed by atoms with van der Waals surface area (Å²) in [6, 6.07) is 8.95. The maximum Gasteiger partial charge on any atom is 0.197 e. The van der Waals surface area contributed by atoms with Gasteiger partial charge in [-0.05, 0) is 32.1 Å². The van der Waals surface area contributed by atoms with Gasteiger partial charge in [-0.2, -0.15) is 0 Å². The average molecular weight is 413 g/mol. The fraction of sp³-hybridized carbons (Fsp3) is 0.348. The minimum atomic E-state index is -0.481. The topological polar surface area (TPSA) is 72.1 Å². The van der Waals surface area contributed by atoms with Gasteiger partial charge in [-0.25, -0.2) is 4.39 Å². The van der Waals surface area contributed by atoms with Crippen LogP contribution in [0.25, 0.3) is 22.3 Å². The molecule has 30 heavy (non-hydrogen) atoms. The summed E-state index contributed by atoms with van der Waals surface area (Å²) in [6.07, 6.45) is 0.757. The van der Waals surface area contributed by atoms with Crippen LogP contribution in [0.2, 0.25) is 0 Å². The molecule has 7 heteroatoms. The van der Waals surface area contributed by atoms with Gasteiger partial charge in [-0.3, -0.25) is 4.79 Å². The van der Waals surface area contributed by atoms with E-state index in [1.807, 2.05) is 7.05 Å². The highest BCUT2D eigenvalue weighted by atomic mass is 19.1. The van der Waals surface area contributed by atoms with Crippen LogP contribution >= 0.6 is 0 Å². The van der Waals surface area contributed by atoms with Crippen LogP contribution in [0, 0.1) is 5.82 Å². The largest absolute Gasteiger partial charge is 0.496 e. The van der Waals surface area contributed by atoms with Gasteiger partial charge in [-0.15, -0.1) is 0 Å². The fourth-order valence-electron chi connectivity index (χ4n) is 4.38. The van der Waals surface area contributed by atoms with Crippen molar-refractivity contribution in [2.45, 2.75) is 18.4 Å². The van der Waals surface area contributed by atoms with Gasteiger partial charge in [0.15, 0.2) is 5.43 Å². The number of likely N-dealkylation sites (tertiary alicyclic amines) is 1. The highest BCUT2D eigenvalue weighted by molar-refractivity contribution is 5.90. The number of hydrogen-bond acceptors (Lipinski definition) is 6. The third kappa shape index (κ3) is 3.24. The Hall–Kier alpha value is -2.90. The maximum absolute atomic E-state index is 14.4. The molecule has 0 saturated carbocycles. The third-order valence-electron chi connectivity index (χ3n) is 5.93. The predicted molar refractivity (Wildman–Crippen MR) is 112 cm³/mol. The zero-order valence-electron chi connectivity index (χ0n) is 17.1. The number of hydrogen-bond donors (Lipinski definition) is 1. The molecule has 4 rings (SSSR count). The Kier molecular flexibility index (Phi) is 5.49. The number of likely N-dealkylation sites (N-methyl/N-ethyl adjacent to an activating group) is 1. The number of ether oxygens (including phenoxy) is 2. The first kappa shape index (κ1) is 20.4. The average Bonchev–Trinajstić information content (AvgIpc) is 3.12. The lowest BCUT2D eigenvalue weighted by Crippen LogP contribution is -2.32. The first-order valence-corrected chi connectivity index (χ1v) is 9.78. The van der Waals surface area contributed by atoms with E-state index in [1.54, 1.807) is 24.3 Å². The first-order chi connectivity index (χ1) is 14.5. The van der Waals surface area contributed by atoms with E-state index < -0.39 is 5.82 Å². The Labute approximate surface area is 173 Å². The Morgan fingerprint density at radius 2 is 1.93 bits per heavy atom. The summed E-state index contributed by atoms with van der Waals surface area (Å²) in [7, 11) is 4.95. The first-order valence-electron chi connectivity index (χ1n) is 9.78. The van der Waals surface area contributed by atoms with E-state index in [-0.39, 0.29) is 40.7 Å². The van der Waals surface area contributed by atoms with Crippen molar-refractivity contribution >= 4 is 11.0 Å². The molecule has 1 saturated heterocycles. The smallest absolute Gasteiger partial charge is 0.197 e. The molecule has 1 aliphatic heterocycles. The molecule has 2 heterocycles. The van der Waals surface area contributed by atoms with Crippen LogP contribution in [0.4, 0.5) is 4.39 Å². The van der Waals surface area contributed by atoms with Crippen molar-refractivity contribution in [3.63, 3.8) is 0 Å². The molecule has 1 fully saturated rings. The second-order valence-corrected chi connectivity index (χ2v) is 7.48. The molecule has 0 radical (unpaired) electrons. The summed E-state index contributed by atoms with van der Waals surface area (Å²) in [5.41, 5.74) is 0.858. The van der Waals surface area contributed by atoms with E-state index >= 15 is 0 Å². The number of aliphatic hydroxyl groups excluding tert-OH is 1. The zero-order valence-corrected chi connectivity index (χ0v) is 17.1. The molecule has 2 aromatic carbocycles. The SMILES string of the molecule is COc1cc(OC)c2c(=O)cc(-c3ccccc3F)oc2c1[C@H]1CCN(C)[C@@H]1CO. The fourth-order valence-corrected chi connectivity index (χ4v) is 4.38. The minimum absolute atomic E-state index is 0.0465. The van der Waals surface area contributed by atoms with Crippen LogP contribution in [0.5, 0.6) is 11.5 Å². The van der Waals surface area contributed by atoms with Crippen molar-refractivity contribution in [3.8, 4) is 22.8 Å². The van der Waals surface area contributed by atoms with Gasteiger partial charge >= 0.3 is 0 Å². The zero-order chi connectivity index (χ0) is 21.4. The van der Waals surface area contributed by atoms with Crippen molar-refractivity contribution in [2.75, 3.05) is 34.4 Å². The lowest BCUT2D eigenvalue weighted by Gasteiger charge is -2.25. The minimum Gasteiger partial charge on any atom is -0.496 e. The van der Waals surface area contributed by atoms with Crippen LogP contribution in [0.1, 0.15) is 17.9 Å². The van der Waals surface area contributed by atoms with Gasteiger partial charge in [0.2, 0.25) is 0 Å². The molecule has 0 bridgehead atoms. The van der Waals surface area contributed by atoms with Crippen LogP contribution in [-0.4, -0.2) is 50.5 Å². The molecule has 2 atom stereocenters. The molecule has 0 aliphatic carbocycles. The van der Waals surface area contributed by atoms with E-state index in [2.05, 4.69) is 4.90 Å². The molecule has 3 aromatic rings. The molecule has 1 aliphatic rings. The molecular weight excluding hydrogens is 389 g/mol. The number of benzene rings is 2. The number of rotatable bonds is 5. The molecule has 158 valence electrons. The number of halogens is 1. The van der Waals surface area contributed by atoms with E-state index in [9.17, 15) is 14.3 Å². The predicted octanol–water partition coefficient (Wildman–Crippen LogP) is 3.40. The van der Waals surface area contributed by atoms with Crippen molar-refractivity contribution in [3.05, 3.63) is 58.0 Å².